The number of para-hydroxylation sites is 1. The van der Waals surface area contributed by atoms with Crippen molar-refractivity contribution in [3.63, 3.8) is 0 Å². The second kappa shape index (κ2) is 7.76. The number of nitrogens with one attached hydrogen (secondary N) is 2. The monoisotopic (exact) mass is 392 g/mol. The average Bonchev–Trinajstić information content (AvgIpc) is 2.52. The average molecular weight is 392 g/mol. The maximum absolute atomic E-state index is 13.0. The number of hydrogen-bond acceptors (Lipinski definition) is 3. The van der Waals surface area contributed by atoms with E-state index in [0.29, 0.717) is 19.4 Å². The van der Waals surface area contributed by atoms with Crippen LogP contribution in [0.2, 0.25) is 0 Å². The van der Waals surface area contributed by atoms with E-state index in [4.69, 9.17) is 0 Å². The van der Waals surface area contributed by atoms with Crippen molar-refractivity contribution in [2.75, 3.05) is 11.9 Å². The van der Waals surface area contributed by atoms with Crippen LogP contribution in [0.3, 0.4) is 0 Å². The number of rotatable bonds is 5. The Balaban J connectivity index is 1.87. The van der Waals surface area contributed by atoms with E-state index in [2.05, 4.69) is 10.0 Å². The smallest absolute Gasteiger partial charge is 0.384 e. The molecule has 0 unspecified atom stereocenters. The van der Waals surface area contributed by atoms with Crippen LogP contribution in [0.25, 0.3) is 0 Å². The lowest BCUT2D eigenvalue weighted by molar-refractivity contribution is -0.137. The highest BCUT2D eigenvalue weighted by Crippen LogP contribution is 2.35. The van der Waals surface area contributed by atoms with Crippen molar-refractivity contribution in [3.05, 3.63) is 29.8 Å². The first-order valence-electron chi connectivity index (χ1n) is 8.82. The predicted octanol–water partition coefficient (Wildman–Crippen LogP) is 4.39. The van der Waals surface area contributed by atoms with Crippen LogP contribution in [0, 0.1) is 5.92 Å². The summed E-state index contributed by atoms with van der Waals surface area (Å²) in [5.74, 6) is 0.228. The van der Waals surface area contributed by atoms with E-state index in [1.165, 1.54) is 12.1 Å². The summed E-state index contributed by atoms with van der Waals surface area (Å²) in [7, 11) is -3.38. The van der Waals surface area contributed by atoms with Gasteiger partial charge in [-0.2, -0.15) is 13.2 Å². The number of anilines is 1. The minimum atomic E-state index is -4.38. The van der Waals surface area contributed by atoms with Crippen LogP contribution in [0.1, 0.15) is 52.0 Å². The van der Waals surface area contributed by atoms with Gasteiger partial charge in [-0.15, -0.1) is 0 Å². The van der Waals surface area contributed by atoms with Gasteiger partial charge in [-0.3, -0.25) is 0 Å². The molecule has 0 atom stereocenters. The van der Waals surface area contributed by atoms with Crippen LogP contribution in [0.15, 0.2) is 24.3 Å². The molecule has 0 saturated heterocycles. The van der Waals surface area contributed by atoms with Gasteiger partial charge in [0.1, 0.15) is 0 Å². The van der Waals surface area contributed by atoms with Gasteiger partial charge >= 0.3 is 6.18 Å². The number of alkyl halides is 3. The van der Waals surface area contributed by atoms with Crippen LogP contribution in [0.5, 0.6) is 0 Å². The first-order chi connectivity index (χ1) is 11.9. The van der Waals surface area contributed by atoms with E-state index in [9.17, 15) is 21.6 Å². The molecule has 0 spiro atoms. The normalized spacial score (nSPS) is 22.2. The molecule has 0 radical (unpaired) electrons. The number of halogens is 3. The maximum atomic E-state index is 13.0. The molecule has 1 saturated carbocycles. The van der Waals surface area contributed by atoms with E-state index in [-0.39, 0.29) is 17.6 Å². The minimum absolute atomic E-state index is 0.0931. The van der Waals surface area contributed by atoms with Gasteiger partial charge in [-0.25, -0.2) is 13.1 Å². The molecule has 0 heterocycles. The van der Waals surface area contributed by atoms with Crippen molar-refractivity contribution in [2.45, 2.75) is 63.4 Å². The number of sulfonamides is 1. The molecule has 8 heteroatoms. The summed E-state index contributed by atoms with van der Waals surface area (Å²) in [6, 6.07) is 5.36. The Morgan fingerprint density at radius 2 is 1.62 bits per heavy atom. The zero-order chi connectivity index (χ0) is 19.6. The lowest BCUT2D eigenvalue weighted by Crippen LogP contribution is -2.46. The molecule has 2 rings (SSSR count). The molecule has 1 fully saturated rings. The third-order valence-electron chi connectivity index (χ3n) is 4.79. The molecule has 148 valence electrons. The summed E-state index contributed by atoms with van der Waals surface area (Å²) in [4.78, 5) is 0. The highest BCUT2D eigenvalue weighted by molar-refractivity contribution is 7.90. The lowest BCUT2D eigenvalue weighted by atomic mass is 9.86. The van der Waals surface area contributed by atoms with Gasteiger partial charge in [0.2, 0.25) is 10.0 Å². The number of benzene rings is 1. The van der Waals surface area contributed by atoms with Crippen molar-refractivity contribution in [2.24, 2.45) is 5.92 Å². The standard InChI is InChI=1S/C18H27F3N2O2S/c1-17(2,3)26(24,25)23-14-10-8-13(9-11-14)12-22-16-7-5-4-6-15(16)18(19,20)21/h4-7,13-14,22-23H,8-12H2,1-3H3/t13-,14-. The van der Waals surface area contributed by atoms with Crippen LogP contribution in [-0.2, 0) is 16.2 Å². The zero-order valence-corrected chi connectivity index (χ0v) is 16.2. The summed E-state index contributed by atoms with van der Waals surface area (Å²) < 4.78 is 65.4. The van der Waals surface area contributed by atoms with Crippen LogP contribution >= 0.6 is 0 Å². The third kappa shape index (κ3) is 5.36. The van der Waals surface area contributed by atoms with Gasteiger partial charge in [-0.1, -0.05) is 12.1 Å². The SMILES string of the molecule is CC(C)(C)S(=O)(=O)N[C@H]1CC[C@H](CNc2ccccc2C(F)(F)F)CC1. The summed E-state index contributed by atoms with van der Waals surface area (Å²) in [5, 5.41) is 2.92. The minimum Gasteiger partial charge on any atom is -0.384 e. The second-order valence-electron chi connectivity index (χ2n) is 7.88. The first kappa shape index (κ1) is 21.0. The fourth-order valence-electron chi connectivity index (χ4n) is 3.02. The summed E-state index contributed by atoms with van der Waals surface area (Å²) >= 11 is 0. The van der Waals surface area contributed by atoms with Gasteiger partial charge in [0.25, 0.3) is 0 Å². The third-order valence-corrected chi connectivity index (χ3v) is 7.04. The van der Waals surface area contributed by atoms with E-state index in [1.54, 1.807) is 26.8 Å². The largest absolute Gasteiger partial charge is 0.418 e. The Morgan fingerprint density at radius 3 is 2.15 bits per heavy atom. The van der Waals surface area contributed by atoms with Crippen molar-refractivity contribution in [3.8, 4) is 0 Å². The lowest BCUT2D eigenvalue weighted by Gasteiger charge is -2.31. The molecular formula is C18H27F3N2O2S. The van der Waals surface area contributed by atoms with Crippen molar-refractivity contribution < 1.29 is 21.6 Å². The van der Waals surface area contributed by atoms with Crippen LogP contribution in [0.4, 0.5) is 18.9 Å². The molecular weight excluding hydrogens is 365 g/mol. The van der Waals surface area contributed by atoms with E-state index in [1.807, 2.05) is 0 Å². The summed E-state index contributed by atoms with van der Waals surface area (Å²) in [5.41, 5.74) is -0.567. The van der Waals surface area contributed by atoms with E-state index < -0.39 is 26.5 Å². The molecule has 1 aromatic carbocycles. The molecule has 4 nitrogen and oxygen atoms in total. The van der Waals surface area contributed by atoms with Crippen molar-refractivity contribution >= 4 is 15.7 Å². The molecule has 0 aromatic heterocycles. The van der Waals surface area contributed by atoms with E-state index in [0.717, 1.165) is 18.9 Å². The van der Waals surface area contributed by atoms with Crippen molar-refractivity contribution in [1.82, 2.24) is 4.72 Å². The molecule has 26 heavy (non-hydrogen) atoms. The Bertz CT molecular complexity index is 704. The van der Waals surface area contributed by atoms with Crippen LogP contribution < -0.4 is 10.0 Å². The number of hydrogen-bond donors (Lipinski definition) is 2. The Hall–Kier alpha value is -1.28. The highest BCUT2D eigenvalue weighted by atomic mass is 32.2. The summed E-state index contributed by atoms with van der Waals surface area (Å²) in [6.45, 7) is 5.42. The molecule has 1 aliphatic carbocycles. The molecule has 1 aromatic rings. The second-order valence-corrected chi connectivity index (χ2v) is 10.3. The Labute approximate surface area is 153 Å². The Morgan fingerprint density at radius 1 is 1.04 bits per heavy atom. The molecule has 2 N–H and O–H groups in total. The fraction of sp³-hybridized carbons (Fsp3) is 0.667. The van der Waals surface area contributed by atoms with Gasteiger partial charge in [0.05, 0.1) is 10.3 Å². The molecule has 1 aliphatic rings. The first-order valence-corrected chi connectivity index (χ1v) is 10.3. The summed E-state index contributed by atoms with van der Waals surface area (Å²) in [6.07, 6.45) is -1.44. The zero-order valence-electron chi connectivity index (χ0n) is 15.4. The van der Waals surface area contributed by atoms with Crippen molar-refractivity contribution in [1.29, 1.82) is 0 Å². The highest BCUT2D eigenvalue weighted by Gasteiger charge is 2.34. The quantitative estimate of drug-likeness (QED) is 0.781. The topological polar surface area (TPSA) is 58.2 Å². The van der Waals surface area contributed by atoms with Gasteiger partial charge < -0.3 is 5.32 Å². The molecule has 0 aliphatic heterocycles. The molecule has 0 amide bonds. The van der Waals surface area contributed by atoms with E-state index >= 15 is 0 Å². The van der Waals surface area contributed by atoms with Gasteiger partial charge in [0, 0.05) is 18.3 Å². The fourth-order valence-corrected chi connectivity index (χ4v) is 4.05. The predicted molar refractivity (Wildman–Crippen MR) is 97.5 cm³/mol. The molecule has 0 bridgehead atoms. The maximum Gasteiger partial charge on any atom is 0.418 e. The van der Waals surface area contributed by atoms with Gasteiger partial charge in [-0.05, 0) is 64.5 Å². The van der Waals surface area contributed by atoms with Gasteiger partial charge in [0.15, 0.2) is 0 Å². The Kier molecular flexibility index (Phi) is 6.28. The van der Waals surface area contributed by atoms with Crippen LogP contribution in [-0.4, -0.2) is 25.8 Å².